The summed E-state index contributed by atoms with van der Waals surface area (Å²) >= 11 is 1.86. The molecule has 0 saturated heterocycles. The molecular formula is C16H30N2S. The van der Waals surface area contributed by atoms with Gasteiger partial charge in [-0.15, -0.1) is 11.3 Å². The SMILES string of the molecule is CCCNCC(C)(CC)CN(C)C(C)c1cccs1. The molecule has 0 saturated carbocycles. The second-order valence-electron chi connectivity index (χ2n) is 5.95. The highest BCUT2D eigenvalue weighted by molar-refractivity contribution is 7.10. The van der Waals surface area contributed by atoms with Gasteiger partial charge < -0.3 is 5.32 Å². The Balaban J connectivity index is 2.54. The van der Waals surface area contributed by atoms with Gasteiger partial charge in [0.15, 0.2) is 0 Å². The Labute approximate surface area is 123 Å². The van der Waals surface area contributed by atoms with Gasteiger partial charge in [-0.25, -0.2) is 0 Å². The molecule has 0 radical (unpaired) electrons. The summed E-state index contributed by atoms with van der Waals surface area (Å²) in [4.78, 5) is 3.95. The van der Waals surface area contributed by atoms with E-state index in [4.69, 9.17) is 0 Å². The number of hydrogen-bond donors (Lipinski definition) is 1. The average molecular weight is 282 g/mol. The van der Waals surface area contributed by atoms with Crippen LogP contribution >= 0.6 is 11.3 Å². The molecule has 19 heavy (non-hydrogen) atoms. The van der Waals surface area contributed by atoms with Crippen molar-refractivity contribution in [3.8, 4) is 0 Å². The Morgan fingerprint density at radius 1 is 1.42 bits per heavy atom. The molecular weight excluding hydrogens is 252 g/mol. The summed E-state index contributed by atoms with van der Waals surface area (Å²) in [6, 6.07) is 4.90. The molecule has 2 atom stereocenters. The van der Waals surface area contributed by atoms with Crippen molar-refractivity contribution in [1.29, 1.82) is 0 Å². The van der Waals surface area contributed by atoms with Crippen LogP contribution in [0.1, 0.15) is 51.5 Å². The van der Waals surface area contributed by atoms with Gasteiger partial charge in [0.05, 0.1) is 0 Å². The number of thiophene rings is 1. The molecule has 0 aliphatic carbocycles. The summed E-state index contributed by atoms with van der Waals surface area (Å²) in [5, 5.41) is 5.75. The van der Waals surface area contributed by atoms with Gasteiger partial charge in [0.1, 0.15) is 0 Å². The van der Waals surface area contributed by atoms with Crippen LogP contribution in [-0.2, 0) is 0 Å². The maximum atomic E-state index is 3.58. The van der Waals surface area contributed by atoms with E-state index in [0.29, 0.717) is 11.5 Å². The summed E-state index contributed by atoms with van der Waals surface area (Å²) in [5.41, 5.74) is 0.357. The fourth-order valence-corrected chi connectivity index (χ4v) is 3.19. The largest absolute Gasteiger partial charge is 0.316 e. The first-order valence-corrected chi connectivity index (χ1v) is 8.34. The van der Waals surface area contributed by atoms with E-state index in [0.717, 1.165) is 19.6 Å². The predicted molar refractivity (Wildman–Crippen MR) is 86.9 cm³/mol. The van der Waals surface area contributed by atoms with Crippen molar-refractivity contribution in [2.45, 2.75) is 46.6 Å². The Morgan fingerprint density at radius 3 is 2.68 bits per heavy atom. The van der Waals surface area contributed by atoms with Crippen molar-refractivity contribution in [2.24, 2.45) is 5.41 Å². The molecule has 0 bridgehead atoms. The lowest BCUT2D eigenvalue weighted by Crippen LogP contribution is -2.41. The van der Waals surface area contributed by atoms with Gasteiger partial charge in [-0.05, 0) is 50.2 Å². The summed E-state index contributed by atoms with van der Waals surface area (Å²) < 4.78 is 0. The van der Waals surface area contributed by atoms with Gasteiger partial charge in [-0.2, -0.15) is 0 Å². The summed E-state index contributed by atoms with van der Waals surface area (Å²) in [7, 11) is 2.25. The first kappa shape index (κ1) is 16.7. The number of hydrogen-bond acceptors (Lipinski definition) is 3. The zero-order valence-corrected chi connectivity index (χ0v) is 14.0. The maximum absolute atomic E-state index is 3.58. The van der Waals surface area contributed by atoms with E-state index >= 15 is 0 Å². The third-order valence-electron chi connectivity index (χ3n) is 4.08. The van der Waals surface area contributed by atoms with Crippen LogP contribution in [0.25, 0.3) is 0 Å². The summed E-state index contributed by atoms with van der Waals surface area (Å²) in [6.07, 6.45) is 2.42. The Kier molecular flexibility index (Phi) is 7.05. The second kappa shape index (κ2) is 8.03. The highest BCUT2D eigenvalue weighted by Crippen LogP contribution is 2.28. The highest BCUT2D eigenvalue weighted by atomic mass is 32.1. The Bertz CT molecular complexity index is 337. The van der Waals surface area contributed by atoms with Gasteiger partial charge in [-0.3, -0.25) is 4.90 Å². The highest BCUT2D eigenvalue weighted by Gasteiger charge is 2.26. The van der Waals surface area contributed by atoms with Crippen LogP contribution in [0.15, 0.2) is 17.5 Å². The second-order valence-corrected chi connectivity index (χ2v) is 6.93. The minimum atomic E-state index is 0.357. The van der Waals surface area contributed by atoms with E-state index in [2.05, 4.69) is 62.5 Å². The minimum Gasteiger partial charge on any atom is -0.316 e. The molecule has 1 N–H and O–H groups in total. The van der Waals surface area contributed by atoms with Crippen LogP contribution in [0.3, 0.4) is 0 Å². The lowest BCUT2D eigenvalue weighted by molar-refractivity contribution is 0.149. The number of nitrogens with one attached hydrogen (secondary N) is 1. The smallest absolute Gasteiger partial charge is 0.0410 e. The quantitative estimate of drug-likeness (QED) is 0.684. The van der Waals surface area contributed by atoms with Crippen molar-refractivity contribution in [1.82, 2.24) is 10.2 Å². The molecule has 0 aliphatic rings. The molecule has 0 spiro atoms. The molecule has 1 aromatic rings. The van der Waals surface area contributed by atoms with Crippen molar-refractivity contribution < 1.29 is 0 Å². The normalized spacial score (nSPS) is 16.5. The van der Waals surface area contributed by atoms with Gasteiger partial charge in [0.25, 0.3) is 0 Å². The molecule has 0 aromatic carbocycles. The Hall–Kier alpha value is -0.380. The molecule has 1 aromatic heterocycles. The van der Waals surface area contributed by atoms with Crippen LogP contribution < -0.4 is 5.32 Å². The zero-order chi connectivity index (χ0) is 14.3. The fraction of sp³-hybridized carbons (Fsp3) is 0.750. The van der Waals surface area contributed by atoms with E-state index < -0.39 is 0 Å². The van der Waals surface area contributed by atoms with Gasteiger partial charge in [0, 0.05) is 24.0 Å². The van der Waals surface area contributed by atoms with Crippen molar-refractivity contribution in [3.63, 3.8) is 0 Å². The maximum Gasteiger partial charge on any atom is 0.0410 e. The third-order valence-corrected chi connectivity index (χ3v) is 5.12. The predicted octanol–water partition coefficient (Wildman–Crippen LogP) is 4.16. The van der Waals surface area contributed by atoms with Crippen LogP contribution in [0, 0.1) is 5.41 Å². The number of nitrogens with zero attached hydrogens (tertiary/aromatic N) is 1. The van der Waals surface area contributed by atoms with E-state index in [-0.39, 0.29) is 0 Å². The van der Waals surface area contributed by atoms with Gasteiger partial charge >= 0.3 is 0 Å². The Morgan fingerprint density at radius 2 is 2.16 bits per heavy atom. The van der Waals surface area contributed by atoms with Crippen molar-refractivity contribution >= 4 is 11.3 Å². The lowest BCUT2D eigenvalue weighted by Gasteiger charge is -2.36. The van der Waals surface area contributed by atoms with E-state index in [1.54, 1.807) is 0 Å². The molecule has 110 valence electrons. The molecule has 1 heterocycles. The molecule has 0 fully saturated rings. The van der Waals surface area contributed by atoms with E-state index in [9.17, 15) is 0 Å². The van der Waals surface area contributed by atoms with E-state index in [1.807, 2.05) is 11.3 Å². The molecule has 1 rings (SSSR count). The van der Waals surface area contributed by atoms with Gasteiger partial charge in [0.2, 0.25) is 0 Å². The first-order chi connectivity index (χ1) is 9.02. The number of rotatable bonds is 9. The zero-order valence-electron chi connectivity index (χ0n) is 13.2. The van der Waals surface area contributed by atoms with Gasteiger partial charge in [-0.1, -0.05) is 26.8 Å². The summed E-state index contributed by atoms with van der Waals surface area (Å²) in [5.74, 6) is 0. The standard InChI is InChI=1S/C16H30N2S/c1-6-10-17-12-16(4,7-2)13-18(5)14(3)15-9-8-11-19-15/h8-9,11,14,17H,6-7,10,12-13H2,1-5H3. The van der Waals surface area contributed by atoms with Crippen LogP contribution in [0.5, 0.6) is 0 Å². The average Bonchev–Trinajstić information content (AvgIpc) is 2.92. The van der Waals surface area contributed by atoms with Crippen LogP contribution in [0.4, 0.5) is 0 Å². The topological polar surface area (TPSA) is 15.3 Å². The fourth-order valence-electron chi connectivity index (χ4n) is 2.34. The monoisotopic (exact) mass is 282 g/mol. The molecule has 0 amide bonds. The van der Waals surface area contributed by atoms with Crippen molar-refractivity contribution in [3.05, 3.63) is 22.4 Å². The third kappa shape index (κ3) is 5.25. The summed E-state index contributed by atoms with van der Waals surface area (Å²) in [6.45, 7) is 12.6. The lowest BCUT2D eigenvalue weighted by atomic mass is 9.86. The molecule has 2 unspecified atom stereocenters. The van der Waals surface area contributed by atoms with Crippen LogP contribution in [0.2, 0.25) is 0 Å². The molecule has 0 aliphatic heterocycles. The van der Waals surface area contributed by atoms with Crippen LogP contribution in [-0.4, -0.2) is 31.6 Å². The molecule has 2 nitrogen and oxygen atoms in total. The van der Waals surface area contributed by atoms with E-state index in [1.165, 1.54) is 17.7 Å². The first-order valence-electron chi connectivity index (χ1n) is 7.46. The minimum absolute atomic E-state index is 0.357. The van der Waals surface area contributed by atoms with Crippen molar-refractivity contribution in [2.75, 3.05) is 26.7 Å². The molecule has 3 heteroatoms.